The largest absolute Gasteiger partial charge is 0.350 e. The maximum Gasteiger partial charge on any atom is 0.224 e. The number of nitrogens with zero attached hydrogens (tertiary/aromatic N) is 2. The van der Waals surface area contributed by atoms with E-state index in [2.05, 4.69) is 15.3 Å². The smallest absolute Gasteiger partial charge is 0.224 e. The Morgan fingerprint density at radius 3 is 2.81 bits per heavy atom. The van der Waals surface area contributed by atoms with Gasteiger partial charge in [0.05, 0.1) is 12.2 Å². The lowest BCUT2D eigenvalue weighted by molar-refractivity contribution is -0.122. The van der Waals surface area contributed by atoms with Crippen LogP contribution in [-0.4, -0.2) is 15.9 Å². The minimum Gasteiger partial charge on any atom is -0.350 e. The molecule has 0 unspecified atom stereocenters. The highest BCUT2D eigenvalue weighted by Gasteiger charge is 2.43. The van der Waals surface area contributed by atoms with Crippen LogP contribution in [0.1, 0.15) is 29.3 Å². The molecular formula is C16H16FN3O. The quantitative estimate of drug-likeness (QED) is 0.938. The van der Waals surface area contributed by atoms with Crippen molar-refractivity contribution in [3.8, 4) is 0 Å². The van der Waals surface area contributed by atoms with Gasteiger partial charge in [-0.1, -0.05) is 12.1 Å². The molecule has 5 heteroatoms. The van der Waals surface area contributed by atoms with Gasteiger partial charge >= 0.3 is 0 Å². The zero-order chi connectivity index (χ0) is 14.8. The Morgan fingerprint density at radius 2 is 2.10 bits per heavy atom. The molecule has 108 valence electrons. The first-order chi connectivity index (χ1) is 10.1. The number of carbonyl (C=O) groups excluding carboxylic acids is 1. The molecule has 0 saturated heterocycles. The van der Waals surface area contributed by atoms with Crippen molar-refractivity contribution < 1.29 is 9.18 Å². The average Bonchev–Trinajstić information content (AvgIpc) is 3.26. The molecular weight excluding hydrogens is 269 g/mol. The Hall–Kier alpha value is -2.30. The van der Waals surface area contributed by atoms with E-state index in [1.165, 1.54) is 18.5 Å². The van der Waals surface area contributed by atoms with E-state index >= 15 is 0 Å². The molecule has 1 heterocycles. The minimum atomic E-state index is -0.250. The van der Waals surface area contributed by atoms with Gasteiger partial charge in [0.2, 0.25) is 5.91 Å². The number of amides is 1. The molecule has 0 radical (unpaired) electrons. The lowest BCUT2D eigenvalue weighted by Gasteiger charge is -2.05. The average molecular weight is 285 g/mol. The second-order valence-electron chi connectivity index (χ2n) is 5.37. The van der Waals surface area contributed by atoms with Gasteiger partial charge < -0.3 is 5.32 Å². The molecule has 1 aromatic heterocycles. The van der Waals surface area contributed by atoms with E-state index in [0.29, 0.717) is 6.54 Å². The molecule has 1 aromatic carbocycles. The van der Waals surface area contributed by atoms with Gasteiger partial charge in [-0.15, -0.1) is 0 Å². The molecule has 3 rings (SSSR count). The lowest BCUT2D eigenvalue weighted by Crippen LogP contribution is -2.25. The molecule has 1 fully saturated rings. The number of hydrogen-bond acceptors (Lipinski definition) is 3. The standard InChI is InChI=1S/C16H16FN3O/c1-10-6-13(20-9-19-10)8-18-16(21)15-7-14(15)11-2-4-12(17)5-3-11/h2-6,9,14-15H,7-8H2,1H3,(H,18,21)/t14-,15+/m0/s1. The molecule has 4 nitrogen and oxygen atoms in total. The number of aryl methyl sites for hydroxylation is 1. The molecule has 0 spiro atoms. The van der Waals surface area contributed by atoms with Crippen LogP contribution in [0.15, 0.2) is 36.7 Å². The van der Waals surface area contributed by atoms with E-state index in [9.17, 15) is 9.18 Å². The van der Waals surface area contributed by atoms with Gasteiger partial charge in [-0.2, -0.15) is 0 Å². The zero-order valence-electron chi connectivity index (χ0n) is 11.7. The van der Waals surface area contributed by atoms with Crippen molar-refractivity contribution in [1.29, 1.82) is 0 Å². The summed E-state index contributed by atoms with van der Waals surface area (Å²) in [5, 5.41) is 2.90. The van der Waals surface area contributed by atoms with Crippen LogP contribution in [0.4, 0.5) is 4.39 Å². The number of halogens is 1. The first-order valence-corrected chi connectivity index (χ1v) is 6.94. The summed E-state index contributed by atoms with van der Waals surface area (Å²) in [5.74, 6) is -0.0312. The number of nitrogens with one attached hydrogen (secondary N) is 1. The Morgan fingerprint density at radius 1 is 1.33 bits per heavy atom. The number of benzene rings is 1. The summed E-state index contributed by atoms with van der Waals surface area (Å²) in [5.41, 5.74) is 2.70. The Bertz CT molecular complexity index is 657. The van der Waals surface area contributed by atoms with Crippen molar-refractivity contribution in [3.63, 3.8) is 0 Å². The first kappa shape index (κ1) is 13.7. The van der Waals surface area contributed by atoms with Gasteiger partial charge in [-0.25, -0.2) is 14.4 Å². The number of hydrogen-bond donors (Lipinski definition) is 1. The van der Waals surface area contributed by atoms with Gasteiger partial charge in [-0.3, -0.25) is 4.79 Å². The fourth-order valence-corrected chi connectivity index (χ4v) is 2.48. The summed E-state index contributed by atoms with van der Waals surface area (Å²) < 4.78 is 12.9. The molecule has 1 amide bonds. The predicted molar refractivity (Wildman–Crippen MR) is 75.9 cm³/mol. The molecule has 2 atom stereocenters. The van der Waals surface area contributed by atoms with Crippen molar-refractivity contribution in [2.75, 3.05) is 0 Å². The molecule has 1 N–H and O–H groups in total. The predicted octanol–water partition coefficient (Wildman–Crippen LogP) is 2.34. The Labute approximate surface area is 122 Å². The molecule has 1 saturated carbocycles. The Balaban J connectivity index is 1.54. The van der Waals surface area contributed by atoms with E-state index in [1.54, 1.807) is 12.1 Å². The first-order valence-electron chi connectivity index (χ1n) is 6.94. The molecule has 2 aromatic rings. The second-order valence-corrected chi connectivity index (χ2v) is 5.37. The summed E-state index contributed by atoms with van der Waals surface area (Å²) in [6.45, 7) is 2.30. The highest BCUT2D eigenvalue weighted by molar-refractivity contribution is 5.82. The molecule has 0 bridgehead atoms. The fourth-order valence-electron chi connectivity index (χ4n) is 2.48. The third-order valence-electron chi connectivity index (χ3n) is 3.73. The third-order valence-corrected chi connectivity index (χ3v) is 3.73. The summed E-state index contributed by atoms with van der Waals surface area (Å²) in [6.07, 6.45) is 2.32. The van der Waals surface area contributed by atoms with E-state index in [1.807, 2.05) is 13.0 Å². The van der Waals surface area contributed by atoms with Crippen molar-refractivity contribution in [2.45, 2.75) is 25.8 Å². The Kier molecular flexibility index (Phi) is 3.64. The van der Waals surface area contributed by atoms with Crippen molar-refractivity contribution >= 4 is 5.91 Å². The summed E-state index contributed by atoms with van der Waals surface area (Å²) >= 11 is 0. The maximum absolute atomic E-state index is 12.9. The van der Waals surface area contributed by atoms with E-state index in [0.717, 1.165) is 23.4 Å². The van der Waals surface area contributed by atoms with Crippen LogP contribution in [0.3, 0.4) is 0 Å². The van der Waals surface area contributed by atoms with Gasteiger partial charge in [0.1, 0.15) is 12.1 Å². The third kappa shape index (κ3) is 3.24. The SMILES string of the molecule is Cc1cc(CNC(=O)[C@@H]2C[C@H]2c2ccc(F)cc2)ncn1. The van der Waals surface area contributed by atoms with Crippen LogP contribution in [0.25, 0.3) is 0 Å². The number of carbonyl (C=O) groups is 1. The zero-order valence-corrected chi connectivity index (χ0v) is 11.7. The minimum absolute atomic E-state index is 0.0154. The van der Waals surface area contributed by atoms with Crippen molar-refractivity contribution in [2.24, 2.45) is 5.92 Å². The van der Waals surface area contributed by atoms with E-state index in [-0.39, 0.29) is 23.6 Å². The van der Waals surface area contributed by atoms with Crippen LogP contribution in [-0.2, 0) is 11.3 Å². The summed E-state index contributed by atoms with van der Waals surface area (Å²) in [6, 6.07) is 8.23. The molecule has 21 heavy (non-hydrogen) atoms. The number of aromatic nitrogens is 2. The topological polar surface area (TPSA) is 54.9 Å². The van der Waals surface area contributed by atoms with E-state index in [4.69, 9.17) is 0 Å². The highest BCUT2D eigenvalue weighted by Crippen LogP contribution is 2.47. The monoisotopic (exact) mass is 285 g/mol. The van der Waals surface area contributed by atoms with E-state index < -0.39 is 0 Å². The van der Waals surface area contributed by atoms with Crippen LogP contribution >= 0.6 is 0 Å². The maximum atomic E-state index is 12.9. The van der Waals surface area contributed by atoms with Crippen LogP contribution in [0.5, 0.6) is 0 Å². The molecule has 1 aliphatic carbocycles. The van der Waals surface area contributed by atoms with Gasteiger partial charge in [0.25, 0.3) is 0 Å². The van der Waals surface area contributed by atoms with Crippen LogP contribution < -0.4 is 5.32 Å². The van der Waals surface area contributed by atoms with Gasteiger partial charge in [0, 0.05) is 11.6 Å². The number of rotatable bonds is 4. The lowest BCUT2D eigenvalue weighted by atomic mass is 10.1. The molecule has 0 aliphatic heterocycles. The second kappa shape index (κ2) is 5.60. The normalized spacial score (nSPS) is 20.1. The summed E-state index contributed by atoms with van der Waals surface area (Å²) in [4.78, 5) is 20.2. The van der Waals surface area contributed by atoms with Crippen LogP contribution in [0, 0.1) is 18.7 Å². The van der Waals surface area contributed by atoms with Gasteiger partial charge in [-0.05, 0) is 43.0 Å². The van der Waals surface area contributed by atoms with Crippen LogP contribution in [0.2, 0.25) is 0 Å². The van der Waals surface area contributed by atoms with Gasteiger partial charge in [0.15, 0.2) is 0 Å². The fraction of sp³-hybridized carbons (Fsp3) is 0.312. The highest BCUT2D eigenvalue weighted by atomic mass is 19.1. The summed E-state index contributed by atoms with van der Waals surface area (Å²) in [7, 11) is 0. The van der Waals surface area contributed by atoms with Crippen molar-refractivity contribution in [3.05, 3.63) is 59.4 Å². The molecule has 1 aliphatic rings. The van der Waals surface area contributed by atoms with Crippen molar-refractivity contribution in [1.82, 2.24) is 15.3 Å².